The molecular weight excluding hydrogens is 390 g/mol. The van der Waals surface area contributed by atoms with Crippen LogP contribution in [0.3, 0.4) is 0 Å². The highest BCUT2D eigenvalue weighted by molar-refractivity contribution is 6.30. The molecule has 1 saturated heterocycles. The fraction of sp³-hybridized carbons (Fsp3) is 0.286. The summed E-state index contributed by atoms with van der Waals surface area (Å²) in [4.78, 5) is 34.9. The molecule has 2 aliphatic rings. The molecule has 29 heavy (non-hydrogen) atoms. The van der Waals surface area contributed by atoms with Crippen LogP contribution in [0, 0.1) is 5.92 Å². The minimum atomic E-state index is -0.134. The summed E-state index contributed by atoms with van der Waals surface area (Å²) in [6.45, 7) is 1.82. The van der Waals surface area contributed by atoms with Crippen molar-refractivity contribution in [3.63, 3.8) is 0 Å². The van der Waals surface area contributed by atoms with Gasteiger partial charge in [-0.25, -0.2) is 9.78 Å². The maximum atomic E-state index is 13.0. The minimum Gasteiger partial charge on any atom is -0.344 e. The Morgan fingerprint density at radius 2 is 2.10 bits per heavy atom. The predicted octanol–water partition coefficient (Wildman–Crippen LogP) is 3.54. The normalized spacial score (nSPS) is 20.2. The van der Waals surface area contributed by atoms with Crippen molar-refractivity contribution in [2.45, 2.75) is 18.9 Å². The van der Waals surface area contributed by atoms with E-state index >= 15 is 0 Å². The van der Waals surface area contributed by atoms with Crippen LogP contribution in [0.4, 0.5) is 10.5 Å². The second-order valence-corrected chi connectivity index (χ2v) is 8.11. The maximum Gasteiger partial charge on any atom is 0.321 e. The van der Waals surface area contributed by atoms with Crippen LogP contribution in [0.1, 0.15) is 18.0 Å². The van der Waals surface area contributed by atoms with Gasteiger partial charge in [0.1, 0.15) is 5.82 Å². The van der Waals surface area contributed by atoms with Gasteiger partial charge in [-0.2, -0.15) is 0 Å². The molecule has 1 fully saturated rings. The van der Waals surface area contributed by atoms with Crippen molar-refractivity contribution in [3.8, 4) is 11.4 Å². The number of hydrogen-bond donors (Lipinski definition) is 2. The molecule has 2 aromatic heterocycles. The quantitative estimate of drug-likeness (QED) is 0.679. The van der Waals surface area contributed by atoms with E-state index in [9.17, 15) is 9.59 Å². The van der Waals surface area contributed by atoms with E-state index in [4.69, 9.17) is 11.6 Å². The predicted molar refractivity (Wildman–Crippen MR) is 111 cm³/mol. The zero-order valence-electron chi connectivity index (χ0n) is 15.6. The Morgan fingerprint density at radius 3 is 2.90 bits per heavy atom. The number of aromatic nitrogens is 3. The van der Waals surface area contributed by atoms with Gasteiger partial charge in [0, 0.05) is 54.3 Å². The topological polar surface area (TPSA) is 83.0 Å². The number of aromatic amines is 1. The fourth-order valence-corrected chi connectivity index (χ4v) is 4.66. The van der Waals surface area contributed by atoms with Crippen LogP contribution in [-0.4, -0.2) is 38.6 Å². The summed E-state index contributed by atoms with van der Waals surface area (Å²) in [5.41, 5.74) is 2.22. The second-order valence-electron chi connectivity index (χ2n) is 7.67. The summed E-state index contributed by atoms with van der Waals surface area (Å²) >= 11 is 6.01. The Morgan fingerprint density at radius 1 is 1.21 bits per heavy atom. The zero-order valence-corrected chi connectivity index (χ0v) is 16.4. The highest BCUT2D eigenvalue weighted by Crippen LogP contribution is 2.35. The van der Waals surface area contributed by atoms with Crippen LogP contribution in [-0.2, 0) is 6.54 Å². The average molecular weight is 410 g/mol. The molecule has 4 heterocycles. The van der Waals surface area contributed by atoms with Gasteiger partial charge in [0.2, 0.25) is 0 Å². The van der Waals surface area contributed by atoms with Crippen molar-refractivity contribution in [2.24, 2.45) is 5.92 Å². The standard InChI is InChI=1S/C21H20ClN5O2/c22-15-2-1-3-16(9-15)25-21(29)26-10-13-8-14(12-26)18-5-4-17(19-23-6-7-24-19)20(28)27(18)11-13/h1-7,9,13-14H,8,10-12H2,(H,23,24)(H,25,29)/t13-,14+/m0/s1. The third-order valence-corrected chi connectivity index (χ3v) is 5.96. The molecule has 0 unspecified atom stereocenters. The first-order valence-corrected chi connectivity index (χ1v) is 10.0. The lowest BCUT2D eigenvalue weighted by atomic mass is 9.83. The number of urea groups is 1. The molecule has 0 spiro atoms. The number of carbonyl (C=O) groups excluding carboxylic acids is 1. The number of nitrogens with zero attached hydrogens (tertiary/aromatic N) is 3. The smallest absolute Gasteiger partial charge is 0.321 e. The van der Waals surface area contributed by atoms with E-state index in [-0.39, 0.29) is 23.4 Å². The largest absolute Gasteiger partial charge is 0.344 e. The Bertz CT molecular complexity index is 1120. The molecule has 5 rings (SSSR count). The van der Waals surface area contributed by atoms with Crippen LogP contribution in [0.25, 0.3) is 11.4 Å². The molecule has 8 heteroatoms. The van der Waals surface area contributed by atoms with Crippen LogP contribution in [0.15, 0.2) is 53.6 Å². The summed E-state index contributed by atoms with van der Waals surface area (Å²) in [6, 6.07) is 10.8. The lowest BCUT2D eigenvalue weighted by molar-refractivity contribution is 0.139. The molecule has 2 bridgehead atoms. The first-order valence-electron chi connectivity index (χ1n) is 9.63. The number of piperidine rings is 1. The summed E-state index contributed by atoms with van der Waals surface area (Å²) in [7, 11) is 0. The van der Waals surface area contributed by atoms with Crippen LogP contribution >= 0.6 is 11.6 Å². The van der Waals surface area contributed by atoms with Gasteiger partial charge >= 0.3 is 6.03 Å². The SMILES string of the molecule is O=C(Nc1cccc(Cl)c1)N1C[C@@H]2C[C@H](C1)c1ccc(-c3ncc[nH]3)c(=O)n1C2. The molecule has 3 aromatic rings. The van der Waals surface area contributed by atoms with Crippen molar-refractivity contribution in [1.82, 2.24) is 19.4 Å². The van der Waals surface area contributed by atoms with Crippen LogP contribution in [0.5, 0.6) is 0 Å². The van der Waals surface area contributed by atoms with Crippen molar-refractivity contribution in [3.05, 3.63) is 69.9 Å². The monoisotopic (exact) mass is 409 g/mol. The number of amides is 2. The lowest BCUT2D eigenvalue weighted by Crippen LogP contribution is -2.50. The van der Waals surface area contributed by atoms with Gasteiger partial charge < -0.3 is 19.8 Å². The van der Waals surface area contributed by atoms with Crippen LogP contribution < -0.4 is 10.9 Å². The number of likely N-dealkylation sites (tertiary alicyclic amines) is 1. The molecule has 2 aliphatic heterocycles. The Balaban J connectivity index is 1.39. The van der Waals surface area contributed by atoms with E-state index < -0.39 is 0 Å². The third kappa shape index (κ3) is 3.31. The second kappa shape index (κ2) is 7.08. The number of imidazole rings is 1. The third-order valence-electron chi connectivity index (χ3n) is 5.72. The van der Waals surface area contributed by atoms with Gasteiger partial charge in [-0.1, -0.05) is 17.7 Å². The molecule has 2 N–H and O–H groups in total. The maximum absolute atomic E-state index is 13.0. The first-order chi connectivity index (χ1) is 14.1. The number of carbonyl (C=O) groups is 1. The van der Waals surface area contributed by atoms with Gasteiger partial charge in [-0.05, 0) is 42.7 Å². The highest BCUT2D eigenvalue weighted by atomic mass is 35.5. The van der Waals surface area contributed by atoms with Gasteiger partial charge in [-0.3, -0.25) is 4.79 Å². The van der Waals surface area contributed by atoms with Gasteiger partial charge in [-0.15, -0.1) is 0 Å². The van der Waals surface area contributed by atoms with Crippen molar-refractivity contribution >= 4 is 23.3 Å². The summed E-state index contributed by atoms with van der Waals surface area (Å²) in [5, 5.41) is 3.51. The van der Waals surface area contributed by atoms with Gasteiger partial charge in [0.05, 0.1) is 5.56 Å². The fourth-order valence-electron chi connectivity index (χ4n) is 4.47. The summed E-state index contributed by atoms with van der Waals surface area (Å²) in [6.07, 6.45) is 4.34. The van der Waals surface area contributed by atoms with E-state index in [2.05, 4.69) is 15.3 Å². The molecule has 0 saturated carbocycles. The van der Waals surface area contributed by atoms with Crippen molar-refractivity contribution in [2.75, 3.05) is 18.4 Å². The number of benzene rings is 1. The Kier molecular flexibility index (Phi) is 4.39. The number of nitrogens with one attached hydrogen (secondary N) is 2. The summed E-state index contributed by atoms with van der Waals surface area (Å²) in [5.74, 6) is 0.977. The molecule has 148 valence electrons. The molecule has 0 aliphatic carbocycles. The van der Waals surface area contributed by atoms with Crippen molar-refractivity contribution < 1.29 is 4.79 Å². The number of rotatable bonds is 2. The number of anilines is 1. The minimum absolute atomic E-state index is 0.0241. The first kappa shape index (κ1) is 18.0. The number of pyridine rings is 1. The molecule has 0 radical (unpaired) electrons. The van der Waals surface area contributed by atoms with E-state index in [0.29, 0.717) is 41.7 Å². The number of hydrogen-bond acceptors (Lipinski definition) is 3. The molecule has 2 atom stereocenters. The van der Waals surface area contributed by atoms with Gasteiger partial charge in [0.25, 0.3) is 5.56 Å². The molecule has 2 amide bonds. The van der Waals surface area contributed by atoms with Crippen molar-refractivity contribution in [1.29, 1.82) is 0 Å². The average Bonchev–Trinajstić information content (AvgIpc) is 3.23. The Labute approximate surface area is 172 Å². The molecule has 7 nitrogen and oxygen atoms in total. The van der Waals surface area contributed by atoms with E-state index in [1.165, 1.54) is 0 Å². The zero-order chi connectivity index (χ0) is 20.0. The highest BCUT2D eigenvalue weighted by Gasteiger charge is 2.36. The van der Waals surface area contributed by atoms with E-state index in [0.717, 1.165) is 12.1 Å². The summed E-state index contributed by atoms with van der Waals surface area (Å²) < 4.78 is 1.86. The lowest BCUT2D eigenvalue weighted by Gasteiger charge is -2.42. The van der Waals surface area contributed by atoms with Gasteiger partial charge in [0.15, 0.2) is 0 Å². The van der Waals surface area contributed by atoms with E-state index in [1.807, 2.05) is 33.7 Å². The number of H-pyrrole nitrogens is 1. The number of halogens is 1. The number of fused-ring (bicyclic) bond motifs is 4. The molecule has 1 aromatic carbocycles. The Hall–Kier alpha value is -3.06. The van der Waals surface area contributed by atoms with E-state index in [1.54, 1.807) is 24.5 Å². The molecular formula is C21H20ClN5O2. The van der Waals surface area contributed by atoms with Crippen LogP contribution in [0.2, 0.25) is 5.02 Å².